The number of carbonyl (C=O) groups is 4. The van der Waals surface area contributed by atoms with Crippen molar-refractivity contribution in [1.29, 1.82) is 0 Å². The highest BCUT2D eigenvalue weighted by Gasteiger charge is 2.28. The molecule has 1 aliphatic rings. The number of Topliss-reactive ketones (excluding diaryl/α,β-unsaturated/α-hetero) is 1. The van der Waals surface area contributed by atoms with Crippen molar-refractivity contribution >= 4 is 47.0 Å². The molecule has 14 heteroatoms. The van der Waals surface area contributed by atoms with Crippen LogP contribution in [-0.4, -0.2) is 71.2 Å². The second kappa shape index (κ2) is 20.1. The molecular weight excluding hydrogens is 679 g/mol. The maximum Gasteiger partial charge on any atom is 0.344 e. The van der Waals surface area contributed by atoms with E-state index in [-0.39, 0.29) is 41.2 Å². The SMILES string of the molecule is CCOc1ccc(OCC(=O)OC2CCCCC2)cc1CC(O)N[C@H](C(=O)N/C(=C/C(=O)O)C(=O)CSCc1c(F)cccc1Cl)C(C)C. The average Bonchev–Trinajstić information content (AvgIpc) is 3.04. The molecule has 3 rings (SSSR count). The molecule has 0 saturated heterocycles. The van der Waals surface area contributed by atoms with Crippen molar-refractivity contribution in [2.75, 3.05) is 19.0 Å². The van der Waals surface area contributed by atoms with Gasteiger partial charge in [0.2, 0.25) is 5.91 Å². The summed E-state index contributed by atoms with van der Waals surface area (Å²) in [6.45, 7) is 5.31. The number of ether oxygens (including phenoxy) is 3. The number of amides is 1. The lowest BCUT2D eigenvalue weighted by atomic mass is 9.98. The van der Waals surface area contributed by atoms with E-state index in [2.05, 4.69) is 10.6 Å². The minimum Gasteiger partial charge on any atom is -0.494 e. The number of halogens is 2. The molecule has 49 heavy (non-hydrogen) atoms. The first-order chi connectivity index (χ1) is 23.4. The summed E-state index contributed by atoms with van der Waals surface area (Å²) in [7, 11) is 0. The summed E-state index contributed by atoms with van der Waals surface area (Å²) in [5.74, 6) is -3.66. The number of esters is 1. The lowest BCUT2D eigenvalue weighted by Crippen LogP contribution is -2.52. The Hall–Kier alpha value is -3.65. The number of rotatable bonds is 19. The van der Waals surface area contributed by atoms with Gasteiger partial charge in [-0.15, -0.1) is 11.8 Å². The molecule has 1 saturated carbocycles. The maximum atomic E-state index is 14.1. The van der Waals surface area contributed by atoms with E-state index in [1.807, 2.05) is 0 Å². The maximum absolute atomic E-state index is 14.1. The third kappa shape index (κ3) is 13.3. The van der Waals surface area contributed by atoms with Crippen molar-refractivity contribution in [2.45, 2.75) is 83.4 Å². The summed E-state index contributed by atoms with van der Waals surface area (Å²) in [6.07, 6.45) is 4.08. The van der Waals surface area contributed by atoms with Gasteiger partial charge in [-0.2, -0.15) is 0 Å². The van der Waals surface area contributed by atoms with Gasteiger partial charge in [-0.3, -0.25) is 14.9 Å². The summed E-state index contributed by atoms with van der Waals surface area (Å²) < 4.78 is 31.0. The van der Waals surface area contributed by atoms with Crippen LogP contribution in [0.1, 0.15) is 64.0 Å². The molecule has 1 unspecified atom stereocenters. The zero-order chi connectivity index (χ0) is 35.9. The Bertz CT molecular complexity index is 1460. The van der Waals surface area contributed by atoms with Crippen molar-refractivity contribution in [3.63, 3.8) is 0 Å². The van der Waals surface area contributed by atoms with Gasteiger partial charge in [-0.05, 0) is 68.9 Å². The Balaban J connectivity index is 1.63. The van der Waals surface area contributed by atoms with E-state index in [9.17, 15) is 33.8 Å². The molecule has 268 valence electrons. The fraction of sp³-hybridized carbons (Fsp3) is 0.486. The zero-order valence-corrected chi connectivity index (χ0v) is 29.4. The predicted octanol–water partition coefficient (Wildman–Crippen LogP) is 5.19. The molecule has 0 aromatic heterocycles. The second-order valence-corrected chi connectivity index (χ2v) is 13.2. The molecule has 2 aromatic rings. The number of ketones is 1. The summed E-state index contributed by atoms with van der Waals surface area (Å²) in [4.78, 5) is 50.1. The number of thioether (sulfide) groups is 1. The number of carboxylic acid groups (broad SMARTS) is 1. The van der Waals surface area contributed by atoms with E-state index < -0.39 is 53.3 Å². The lowest BCUT2D eigenvalue weighted by molar-refractivity contribution is -0.152. The van der Waals surface area contributed by atoms with Crippen LogP contribution in [-0.2, 0) is 36.1 Å². The standard InChI is InChI=1S/C35H44ClFN2O9S/c1-4-46-30-14-13-24(47-18-33(44)48-23-9-6-5-7-10-23)15-22(30)16-31(41)39-34(21(2)3)35(45)38-28(17-32(42)43)29(40)20-49-19-25-26(36)11-8-12-27(25)37/h8,11-15,17,21,23,31,34,39,41H,4-7,9-10,16,18-20H2,1-3H3,(H,38,45)(H,42,43)/b28-17+/t31?,34-/m0/s1. The molecule has 4 N–H and O–H groups in total. The Labute approximate surface area is 294 Å². The van der Waals surface area contributed by atoms with Gasteiger partial charge in [0, 0.05) is 28.3 Å². The number of aliphatic hydroxyl groups is 1. The first-order valence-corrected chi connectivity index (χ1v) is 17.7. The van der Waals surface area contributed by atoms with Crippen LogP contribution in [0.25, 0.3) is 0 Å². The number of hydrogen-bond acceptors (Lipinski definition) is 10. The largest absolute Gasteiger partial charge is 0.494 e. The van der Waals surface area contributed by atoms with Gasteiger partial charge in [0.25, 0.3) is 0 Å². The van der Waals surface area contributed by atoms with E-state index in [4.69, 9.17) is 25.8 Å². The van der Waals surface area contributed by atoms with Crippen molar-refractivity contribution in [3.05, 3.63) is 70.1 Å². The molecule has 0 aliphatic heterocycles. The molecule has 1 fully saturated rings. The number of carboxylic acids is 1. The molecular formula is C35H44ClFN2O9S. The van der Waals surface area contributed by atoms with Crippen LogP contribution in [0.3, 0.4) is 0 Å². The van der Waals surface area contributed by atoms with Crippen LogP contribution >= 0.6 is 23.4 Å². The summed E-state index contributed by atoms with van der Waals surface area (Å²) in [6, 6.07) is 8.10. The van der Waals surface area contributed by atoms with Crippen LogP contribution in [0.2, 0.25) is 5.02 Å². The smallest absolute Gasteiger partial charge is 0.344 e. The Morgan fingerprint density at radius 3 is 2.49 bits per heavy atom. The number of allylic oxidation sites excluding steroid dienone is 1. The van der Waals surface area contributed by atoms with Gasteiger partial charge in [0.05, 0.1) is 30.2 Å². The van der Waals surface area contributed by atoms with Gasteiger partial charge < -0.3 is 29.7 Å². The average molecular weight is 723 g/mol. The van der Waals surface area contributed by atoms with Crippen molar-refractivity contribution in [3.8, 4) is 11.5 Å². The lowest BCUT2D eigenvalue weighted by Gasteiger charge is -2.26. The number of aliphatic carboxylic acids is 1. The van der Waals surface area contributed by atoms with E-state index >= 15 is 0 Å². The van der Waals surface area contributed by atoms with Crippen LogP contribution in [0.4, 0.5) is 4.39 Å². The van der Waals surface area contributed by atoms with E-state index in [1.165, 1.54) is 18.2 Å². The first-order valence-electron chi connectivity index (χ1n) is 16.2. The van der Waals surface area contributed by atoms with E-state index in [0.717, 1.165) is 43.9 Å². The van der Waals surface area contributed by atoms with Crippen molar-refractivity contribution < 1.29 is 48.0 Å². The minimum absolute atomic E-state index is 0.0262. The molecule has 0 spiro atoms. The third-order valence-corrected chi connectivity index (χ3v) is 8.95. The van der Waals surface area contributed by atoms with E-state index in [1.54, 1.807) is 39.0 Å². The Morgan fingerprint density at radius 1 is 1.10 bits per heavy atom. The highest BCUT2D eigenvalue weighted by molar-refractivity contribution is 7.99. The minimum atomic E-state index is -1.45. The third-order valence-electron chi connectivity index (χ3n) is 7.64. The summed E-state index contributed by atoms with van der Waals surface area (Å²) in [5, 5.41) is 25.8. The topological polar surface area (TPSA) is 160 Å². The van der Waals surface area contributed by atoms with Gasteiger partial charge in [0.15, 0.2) is 12.4 Å². The Kier molecular flexibility index (Phi) is 16.3. The number of benzene rings is 2. The van der Waals surface area contributed by atoms with Crippen LogP contribution in [0, 0.1) is 11.7 Å². The number of hydrogen-bond donors (Lipinski definition) is 4. The van der Waals surface area contributed by atoms with Gasteiger partial charge in [-0.25, -0.2) is 14.0 Å². The highest BCUT2D eigenvalue weighted by atomic mass is 35.5. The fourth-order valence-electron chi connectivity index (χ4n) is 5.21. The van der Waals surface area contributed by atoms with Gasteiger partial charge in [0.1, 0.15) is 29.6 Å². The molecule has 0 bridgehead atoms. The first kappa shape index (κ1) is 39.8. The van der Waals surface area contributed by atoms with Crippen LogP contribution in [0.15, 0.2) is 48.2 Å². The molecule has 2 atom stereocenters. The van der Waals surface area contributed by atoms with E-state index in [0.29, 0.717) is 29.7 Å². The number of aliphatic hydroxyl groups excluding tert-OH is 1. The Morgan fingerprint density at radius 2 is 1.84 bits per heavy atom. The number of nitrogens with one attached hydrogen (secondary N) is 2. The summed E-state index contributed by atoms with van der Waals surface area (Å²) in [5.41, 5.74) is 0.281. The second-order valence-electron chi connectivity index (χ2n) is 11.9. The highest BCUT2D eigenvalue weighted by Crippen LogP contribution is 2.27. The molecule has 1 amide bonds. The van der Waals surface area contributed by atoms with Crippen LogP contribution < -0.4 is 20.1 Å². The van der Waals surface area contributed by atoms with Gasteiger partial charge >= 0.3 is 11.9 Å². The number of carbonyl (C=O) groups excluding carboxylic acids is 3. The van der Waals surface area contributed by atoms with Gasteiger partial charge in [-0.1, -0.05) is 37.9 Å². The predicted molar refractivity (Wildman–Crippen MR) is 184 cm³/mol. The zero-order valence-electron chi connectivity index (χ0n) is 27.8. The molecule has 11 nitrogen and oxygen atoms in total. The molecule has 0 radical (unpaired) electrons. The monoisotopic (exact) mass is 722 g/mol. The van der Waals surface area contributed by atoms with Crippen LogP contribution in [0.5, 0.6) is 11.5 Å². The molecule has 1 aliphatic carbocycles. The molecule has 0 heterocycles. The van der Waals surface area contributed by atoms with Crippen molar-refractivity contribution in [2.24, 2.45) is 5.92 Å². The summed E-state index contributed by atoms with van der Waals surface area (Å²) >= 11 is 7.06. The molecule has 2 aromatic carbocycles. The van der Waals surface area contributed by atoms with Crippen molar-refractivity contribution in [1.82, 2.24) is 10.6 Å². The normalized spacial score (nSPS) is 15.0. The quantitative estimate of drug-likeness (QED) is 0.0858. The fourth-order valence-corrected chi connectivity index (χ4v) is 6.46.